The Labute approximate surface area is 112 Å². The minimum absolute atomic E-state index is 0.377. The molecule has 17 heavy (non-hydrogen) atoms. The highest BCUT2D eigenvalue weighted by Gasteiger charge is 2.23. The molecule has 2 unspecified atom stereocenters. The van der Waals surface area contributed by atoms with Crippen LogP contribution in [0.2, 0.25) is 0 Å². The van der Waals surface area contributed by atoms with Gasteiger partial charge in [-0.3, -0.25) is 0 Å². The molecule has 2 nitrogen and oxygen atoms in total. The summed E-state index contributed by atoms with van der Waals surface area (Å²) in [5.74, 6) is 0.768. The largest absolute Gasteiger partial charge is 0.371 e. The van der Waals surface area contributed by atoms with Gasteiger partial charge in [-0.1, -0.05) is 28.9 Å². The Morgan fingerprint density at radius 2 is 2.35 bits per heavy atom. The molecule has 3 heteroatoms. The number of nitrogens with two attached hydrogens (primary N) is 1. The van der Waals surface area contributed by atoms with E-state index in [0.717, 1.165) is 29.9 Å². The number of benzene rings is 1. The maximum absolute atomic E-state index is 6.04. The van der Waals surface area contributed by atoms with E-state index in [-0.39, 0.29) is 0 Å². The van der Waals surface area contributed by atoms with Gasteiger partial charge in [0.1, 0.15) is 0 Å². The van der Waals surface area contributed by atoms with E-state index in [4.69, 9.17) is 5.73 Å². The second-order valence-electron chi connectivity index (χ2n) is 4.98. The molecule has 1 fully saturated rings. The van der Waals surface area contributed by atoms with Gasteiger partial charge in [-0.25, -0.2) is 0 Å². The van der Waals surface area contributed by atoms with Crippen molar-refractivity contribution in [3.63, 3.8) is 0 Å². The molecule has 1 aliphatic rings. The fourth-order valence-corrected chi connectivity index (χ4v) is 2.91. The van der Waals surface area contributed by atoms with Gasteiger partial charge >= 0.3 is 0 Å². The molecule has 1 saturated heterocycles. The number of rotatable bonds is 4. The standard InChI is InChI=1S/C14H21BrN2/c1-2-13(16)8-11-6-7-17(10-11)14-5-3-4-12(15)9-14/h3-5,9,11,13H,2,6-8,10,16H2,1H3. The number of nitrogens with zero attached hydrogens (tertiary/aromatic N) is 1. The van der Waals surface area contributed by atoms with E-state index < -0.39 is 0 Å². The molecule has 0 bridgehead atoms. The van der Waals surface area contributed by atoms with Gasteiger partial charge in [0.25, 0.3) is 0 Å². The molecule has 0 aliphatic carbocycles. The Morgan fingerprint density at radius 3 is 3.06 bits per heavy atom. The molecule has 1 aromatic rings. The summed E-state index contributed by atoms with van der Waals surface area (Å²) < 4.78 is 1.16. The Balaban J connectivity index is 1.93. The van der Waals surface area contributed by atoms with E-state index in [1.54, 1.807) is 0 Å². The topological polar surface area (TPSA) is 29.3 Å². The van der Waals surface area contributed by atoms with Crippen LogP contribution in [-0.2, 0) is 0 Å². The third-order valence-corrected chi connectivity index (χ3v) is 4.11. The zero-order valence-corrected chi connectivity index (χ0v) is 12.0. The van der Waals surface area contributed by atoms with Crippen LogP contribution in [-0.4, -0.2) is 19.1 Å². The van der Waals surface area contributed by atoms with Crippen molar-refractivity contribution >= 4 is 21.6 Å². The maximum atomic E-state index is 6.04. The first-order chi connectivity index (χ1) is 8.19. The summed E-state index contributed by atoms with van der Waals surface area (Å²) in [5, 5.41) is 0. The molecule has 0 aromatic heterocycles. The molecular weight excluding hydrogens is 276 g/mol. The van der Waals surface area contributed by atoms with Crippen molar-refractivity contribution in [2.75, 3.05) is 18.0 Å². The summed E-state index contributed by atoms with van der Waals surface area (Å²) in [4.78, 5) is 2.47. The quantitative estimate of drug-likeness (QED) is 0.923. The molecule has 2 atom stereocenters. The summed E-state index contributed by atoms with van der Waals surface area (Å²) in [5.41, 5.74) is 7.36. The number of halogens is 1. The van der Waals surface area contributed by atoms with Gasteiger partial charge in [0.15, 0.2) is 0 Å². The lowest BCUT2D eigenvalue weighted by Crippen LogP contribution is -2.25. The molecule has 2 N–H and O–H groups in total. The minimum Gasteiger partial charge on any atom is -0.371 e. The van der Waals surface area contributed by atoms with Crippen LogP contribution in [0.5, 0.6) is 0 Å². The van der Waals surface area contributed by atoms with Gasteiger partial charge in [-0.05, 0) is 43.4 Å². The monoisotopic (exact) mass is 296 g/mol. The lowest BCUT2D eigenvalue weighted by atomic mass is 9.98. The van der Waals surface area contributed by atoms with Gasteiger partial charge in [-0.2, -0.15) is 0 Å². The Kier molecular flexibility index (Phi) is 4.46. The third-order valence-electron chi connectivity index (χ3n) is 3.62. The highest BCUT2D eigenvalue weighted by Crippen LogP contribution is 2.28. The number of hydrogen-bond donors (Lipinski definition) is 1. The van der Waals surface area contributed by atoms with Crippen molar-refractivity contribution in [3.8, 4) is 0 Å². The second-order valence-corrected chi connectivity index (χ2v) is 5.90. The lowest BCUT2D eigenvalue weighted by molar-refractivity contribution is 0.458. The van der Waals surface area contributed by atoms with E-state index in [1.165, 1.54) is 18.5 Å². The Bertz CT molecular complexity index is 367. The van der Waals surface area contributed by atoms with Gasteiger partial charge < -0.3 is 10.6 Å². The summed E-state index contributed by atoms with van der Waals surface area (Å²) in [6.07, 6.45) is 3.54. The lowest BCUT2D eigenvalue weighted by Gasteiger charge is -2.20. The molecule has 1 aliphatic heterocycles. The van der Waals surface area contributed by atoms with Crippen molar-refractivity contribution in [3.05, 3.63) is 28.7 Å². The molecule has 0 saturated carbocycles. The van der Waals surface area contributed by atoms with Crippen LogP contribution in [0, 0.1) is 5.92 Å². The second kappa shape index (κ2) is 5.87. The fraction of sp³-hybridized carbons (Fsp3) is 0.571. The zero-order valence-electron chi connectivity index (χ0n) is 10.4. The van der Waals surface area contributed by atoms with E-state index in [2.05, 4.69) is 52.0 Å². The van der Waals surface area contributed by atoms with Crippen molar-refractivity contribution < 1.29 is 0 Å². The van der Waals surface area contributed by atoms with Crippen molar-refractivity contribution in [2.45, 2.75) is 32.2 Å². The third kappa shape index (κ3) is 3.46. The van der Waals surface area contributed by atoms with Crippen LogP contribution in [0.15, 0.2) is 28.7 Å². The average Bonchev–Trinajstić information content (AvgIpc) is 2.77. The normalized spacial score (nSPS) is 21.8. The highest BCUT2D eigenvalue weighted by atomic mass is 79.9. The Morgan fingerprint density at radius 1 is 1.53 bits per heavy atom. The average molecular weight is 297 g/mol. The van der Waals surface area contributed by atoms with Crippen molar-refractivity contribution in [2.24, 2.45) is 11.7 Å². The number of hydrogen-bond acceptors (Lipinski definition) is 2. The summed E-state index contributed by atoms with van der Waals surface area (Å²) >= 11 is 3.53. The van der Waals surface area contributed by atoms with Crippen LogP contribution in [0.3, 0.4) is 0 Å². The molecule has 1 aromatic carbocycles. The summed E-state index contributed by atoms with van der Waals surface area (Å²) in [6.45, 7) is 4.49. The molecule has 0 radical (unpaired) electrons. The van der Waals surface area contributed by atoms with Crippen LogP contribution in [0.1, 0.15) is 26.2 Å². The van der Waals surface area contributed by atoms with Gasteiger partial charge in [0, 0.05) is 29.3 Å². The number of anilines is 1. The summed E-state index contributed by atoms with van der Waals surface area (Å²) in [6, 6.07) is 8.94. The predicted molar refractivity (Wildman–Crippen MR) is 77.3 cm³/mol. The van der Waals surface area contributed by atoms with Crippen molar-refractivity contribution in [1.29, 1.82) is 0 Å². The van der Waals surface area contributed by atoms with Crippen LogP contribution in [0.4, 0.5) is 5.69 Å². The van der Waals surface area contributed by atoms with Gasteiger partial charge in [0.05, 0.1) is 0 Å². The van der Waals surface area contributed by atoms with Gasteiger partial charge in [-0.15, -0.1) is 0 Å². The molecule has 0 amide bonds. The molecule has 1 heterocycles. The summed E-state index contributed by atoms with van der Waals surface area (Å²) in [7, 11) is 0. The van der Waals surface area contributed by atoms with Crippen LogP contribution < -0.4 is 10.6 Å². The maximum Gasteiger partial charge on any atom is 0.0377 e. The fourth-order valence-electron chi connectivity index (χ4n) is 2.53. The van der Waals surface area contributed by atoms with E-state index in [1.807, 2.05) is 0 Å². The van der Waals surface area contributed by atoms with Crippen LogP contribution in [0.25, 0.3) is 0 Å². The smallest absolute Gasteiger partial charge is 0.0377 e. The first-order valence-corrected chi connectivity index (χ1v) is 7.24. The SMILES string of the molecule is CCC(N)CC1CCN(c2cccc(Br)c2)C1. The first kappa shape index (κ1) is 12.9. The molecule has 0 spiro atoms. The molecule has 94 valence electrons. The van der Waals surface area contributed by atoms with E-state index in [0.29, 0.717) is 6.04 Å². The van der Waals surface area contributed by atoms with E-state index >= 15 is 0 Å². The highest BCUT2D eigenvalue weighted by molar-refractivity contribution is 9.10. The van der Waals surface area contributed by atoms with Crippen molar-refractivity contribution in [1.82, 2.24) is 0 Å². The zero-order chi connectivity index (χ0) is 12.3. The predicted octanol–water partition coefficient (Wildman–Crippen LogP) is 3.40. The minimum atomic E-state index is 0.377. The first-order valence-electron chi connectivity index (χ1n) is 6.45. The molecular formula is C14H21BrN2. The molecule has 2 rings (SSSR count). The van der Waals surface area contributed by atoms with Gasteiger partial charge in [0.2, 0.25) is 0 Å². The Hall–Kier alpha value is -0.540. The van der Waals surface area contributed by atoms with E-state index in [9.17, 15) is 0 Å². The van der Waals surface area contributed by atoms with Crippen LogP contribution >= 0.6 is 15.9 Å².